The fourth-order valence-corrected chi connectivity index (χ4v) is 4.82. The molecule has 8 heteroatoms. The molecule has 23 heavy (non-hydrogen) atoms. The van der Waals surface area contributed by atoms with Crippen LogP contribution in [0.2, 0.25) is 0 Å². The first kappa shape index (κ1) is 15.9. The van der Waals surface area contributed by atoms with Gasteiger partial charge in [0.2, 0.25) is 0 Å². The van der Waals surface area contributed by atoms with Gasteiger partial charge in [-0.2, -0.15) is 0 Å². The molecule has 1 N–H and O–H groups in total. The Kier molecular flexibility index (Phi) is 4.11. The molecule has 0 saturated carbocycles. The van der Waals surface area contributed by atoms with Gasteiger partial charge in [0, 0.05) is 25.0 Å². The molecule has 0 spiro atoms. The van der Waals surface area contributed by atoms with Crippen LogP contribution in [0.3, 0.4) is 0 Å². The molecule has 1 unspecified atom stereocenters. The van der Waals surface area contributed by atoms with Crippen LogP contribution in [0.5, 0.6) is 0 Å². The van der Waals surface area contributed by atoms with Crippen LogP contribution in [-0.4, -0.2) is 53.4 Å². The molecule has 1 aliphatic heterocycles. The van der Waals surface area contributed by atoms with Crippen molar-refractivity contribution < 1.29 is 13.2 Å². The number of rotatable bonds is 3. The average Bonchev–Trinajstić information content (AvgIpc) is 3.09. The number of imidazole rings is 1. The van der Waals surface area contributed by atoms with E-state index in [0.717, 1.165) is 5.69 Å². The van der Waals surface area contributed by atoms with Gasteiger partial charge < -0.3 is 9.88 Å². The topological polar surface area (TPSA) is 75.2 Å². The number of aromatic amines is 1. The van der Waals surface area contributed by atoms with E-state index in [2.05, 4.69) is 4.98 Å². The number of H-pyrrole nitrogens is 1. The van der Waals surface area contributed by atoms with E-state index in [1.54, 1.807) is 17.8 Å². The molecule has 1 atom stereocenters. The molecule has 122 valence electrons. The number of sulfone groups is 1. The predicted octanol–water partition coefficient (Wildman–Crippen LogP) is 1.79. The Morgan fingerprint density at radius 2 is 2.04 bits per heavy atom. The van der Waals surface area contributed by atoms with E-state index in [4.69, 9.17) is 12.2 Å². The monoisotopic (exact) mass is 351 g/mol. The highest BCUT2D eigenvalue weighted by Gasteiger charge is 2.34. The summed E-state index contributed by atoms with van der Waals surface area (Å²) in [7, 11) is -1.40. The predicted molar refractivity (Wildman–Crippen MR) is 90.1 cm³/mol. The number of carbonyl (C=O) groups excluding carboxylic acids is 1. The van der Waals surface area contributed by atoms with Gasteiger partial charge in [0.1, 0.15) is 5.69 Å². The van der Waals surface area contributed by atoms with E-state index >= 15 is 0 Å². The van der Waals surface area contributed by atoms with Crippen molar-refractivity contribution in [2.75, 3.05) is 18.6 Å². The van der Waals surface area contributed by atoms with Gasteiger partial charge in [0.25, 0.3) is 5.91 Å². The standard InChI is InChI=1S/C15H17N3O3S2/c1-17(12-7-8-23(20,21)10-12)14(19)13-9-16-15(22)18(13)11-5-3-2-4-6-11/h2-6,9,12H,7-8,10H2,1H3,(H,16,22). The molecule has 0 radical (unpaired) electrons. The van der Waals surface area contributed by atoms with Gasteiger partial charge in [0.05, 0.1) is 11.5 Å². The van der Waals surface area contributed by atoms with Gasteiger partial charge in [-0.05, 0) is 30.8 Å². The normalized spacial score (nSPS) is 19.6. The fourth-order valence-electron chi connectivity index (χ4n) is 2.79. The highest BCUT2D eigenvalue weighted by Crippen LogP contribution is 2.20. The van der Waals surface area contributed by atoms with Crippen LogP contribution in [0.15, 0.2) is 36.5 Å². The summed E-state index contributed by atoms with van der Waals surface area (Å²) in [6.07, 6.45) is 2.04. The van der Waals surface area contributed by atoms with E-state index in [0.29, 0.717) is 16.9 Å². The number of para-hydroxylation sites is 1. The number of carbonyl (C=O) groups is 1. The second-order valence-corrected chi connectivity index (χ2v) is 8.24. The Morgan fingerprint density at radius 3 is 2.65 bits per heavy atom. The number of hydrogen-bond acceptors (Lipinski definition) is 4. The SMILES string of the molecule is CN(C(=O)c1c[nH]c(=S)n1-c1ccccc1)C1CCS(=O)(=O)C1. The average molecular weight is 351 g/mol. The number of hydrogen-bond donors (Lipinski definition) is 1. The highest BCUT2D eigenvalue weighted by atomic mass is 32.2. The summed E-state index contributed by atoms with van der Waals surface area (Å²) in [6.45, 7) is 0. The van der Waals surface area contributed by atoms with Crippen molar-refractivity contribution in [1.29, 1.82) is 0 Å². The zero-order chi connectivity index (χ0) is 16.6. The van der Waals surface area contributed by atoms with Crippen molar-refractivity contribution in [2.24, 2.45) is 0 Å². The van der Waals surface area contributed by atoms with E-state index in [1.807, 2.05) is 30.3 Å². The maximum absolute atomic E-state index is 12.8. The number of nitrogens with zero attached hydrogens (tertiary/aromatic N) is 2. The Bertz CT molecular complexity index is 884. The molecule has 1 amide bonds. The summed E-state index contributed by atoms with van der Waals surface area (Å²) < 4.78 is 25.3. The first-order valence-electron chi connectivity index (χ1n) is 7.22. The van der Waals surface area contributed by atoms with Gasteiger partial charge in [-0.15, -0.1) is 0 Å². The molecular weight excluding hydrogens is 334 g/mol. The Morgan fingerprint density at radius 1 is 1.35 bits per heavy atom. The van der Waals surface area contributed by atoms with Crippen LogP contribution in [0.4, 0.5) is 0 Å². The summed E-state index contributed by atoms with van der Waals surface area (Å²) in [4.78, 5) is 17.2. The maximum Gasteiger partial charge on any atom is 0.272 e. The lowest BCUT2D eigenvalue weighted by molar-refractivity contribution is 0.0739. The number of benzene rings is 1. The van der Waals surface area contributed by atoms with Crippen molar-refractivity contribution in [3.05, 3.63) is 47.0 Å². The van der Waals surface area contributed by atoms with E-state index < -0.39 is 9.84 Å². The lowest BCUT2D eigenvalue weighted by Gasteiger charge is -2.23. The largest absolute Gasteiger partial charge is 0.336 e. The Hall–Kier alpha value is -1.93. The first-order chi connectivity index (χ1) is 10.9. The van der Waals surface area contributed by atoms with Gasteiger partial charge in [0.15, 0.2) is 14.6 Å². The van der Waals surface area contributed by atoms with Crippen molar-refractivity contribution in [3.8, 4) is 5.69 Å². The summed E-state index contributed by atoms with van der Waals surface area (Å²) in [5, 5.41) is 0. The van der Waals surface area contributed by atoms with Gasteiger partial charge >= 0.3 is 0 Å². The summed E-state index contributed by atoms with van der Waals surface area (Å²) in [5.74, 6) is -0.0950. The van der Waals surface area contributed by atoms with E-state index in [-0.39, 0.29) is 23.5 Å². The molecule has 1 aromatic heterocycles. The molecular formula is C15H17N3O3S2. The Balaban J connectivity index is 1.94. The molecule has 1 saturated heterocycles. The molecule has 2 heterocycles. The lowest BCUT2D eigenvalue weighted by Crippen LogP contribution is -2.38. The second kappa shape index (κ2) is 5.93. The summed E-state index contributed by atoms with van der Waals surface area (Å²) in [5.41, 5.74) is 1.18. The van der Waals surface area contributed by atoms with Crippen LogP contribution in [0.1, 0.15) is 16.9 Å². The number of nitrogens with one attached hydrogen (secondary N) is 1. The third-order valence-electron chi connectivity index (χ3n) is 4.09. The molecule has 2 aromatic rings. The van der Waals surface area contributed by atoms with Crippen LogP contribution < -0.4 is 0 Å². The minimum atomic E-state index is -3.04. The van der Waals surface area contributed by atoms with Crippen molar-refractivity contribution in [2.45, 2.75) is 12.5 Å². The van der Waals surface area contributed by atoms with Gasteiger partial charge in [-0.25, -0.2) is 8.42 Å². The third-order valence-corrected chi connectivity index (χ3v) is 6.14. The molecule has 1 aliphatic rings. The van der Waals surface area contributed by atoms with Crippen molar-refractivity contribution in [1.82, 2.24) is 14.5 Å². The molecule has 6 nitrogen and oxygen atoms in total. The zero-order valence-corrected chi connectivity index (χ0v) is 14.2. The summed E-state index contributed by atoms with van der Waals surface area (Å²) in [6, 6.07) is 9.05. The molecule has 1 fully saturated rings. The van der Waals surface area contributed by atoms with Gasteiger partial charge in [-0.3, -0.25) is 9.36 Å². The Labute approximate surface area is 139 Å². The van der Waals surface area contributed by atoms with Crippen LogP contribution in [0.25, 0.3) is 5.69 Å². The molecule has 0 aliphatic carbocycles. The fraction of sp³-hybridized carbons (Fsp3) is 0.333. The second-order valence-electron chi connectivity index (χ2n) is 5.62. The molecule has 1 aromatic carbocycles. The van der Waals surface area contributed by atoms with Gasteiger partial charge in [-0.1, -0.05) is 18.2 Å². The number of aromatic nitrogens is 2. The smallest absolute Gasteiger partial charge is 0.272 e. The number of amides is 1. The quantitative estimate of drug-likeness (QED) is 0.856. The molecule has 3 rings (SSSR count). The van der Waals surface area contributed by atoms with Crippen molar-refractivity contribution >= 4 is 28.0 Å². The lowest BCUT2D eigenvalue weighted by atomic mass is 10.2. The van der Waals surface area contributed by atoms with Crippen LogP contribution in [0, 0.1) is 4.77 Å². The highest BCUT2D eigenvalue weighted by molar-refractivity contribution is 7.91. The van der Waals surface area contributed by atoms with Crippen LogP contribution >= 0.6 is 12.2 Å². The summed E-state index contributed by atoms with van der Waals surface area (Å²) >= 11 is 5.27. The minimum absolute atomic E-state index is 0.0196. The third kappa shape index (κ3) is 3.09. The molecule has 0 bridgehead atoms. The minimum Gasteiger partial charge on any atom is -0.336 e. The van der Waals surface area contributed by atoms with Crippen LogP contribution in [-0.2, 0) is 9.84 Å². The van der Waals surface area contributed by atoms with E-state index in [1.165, 1.54) is 4.90 Å². The van der Waals surface area contributed by atoms with E-state index in [9.17, 15) is 13.2 Å². The maximum atomic E-state index is 12.8. The first-order valence-corrected chi connectivity index (χ1v) is 9.45. The van der Waals surface area contributed by atoms with Crippen molar-refractivity contribution in [3.63, 3.8) is 0 Å². The zero-order valence-electron chi connectivity index (χ0n) is 12.6.